The summed E-state index contributed by atoms with van der Waals surface area (Å²) < 4.78 is 0. The number of phenols is 1. The van der Waals surface area contributed by atoms with Crippen molar-refractivity contribution in [1.82, 2.24) is 46.8 Å². The van der Waals surface area contributed by atoms with Gasteiger partial charge < -0.3 is 69.2 Å². The molecule has 8 atom stereocenters. The van der Waals surface area contributed by atoms with Crippen molar-refractivity contribution >= 4 is 70.2 Å². The number of thioether (sulfide) groups is 1. The molecule has 0 aliphatic carbocycles. The number of nitrogens with two attached hydrogens (primary N) is 3. The summed E-state index contributed by atoms with van der Waals surface area (Å²) in [7, 11) is 0. The van der Waals surface area contributed by atoms with Crippen molar-refractivity contribution in [3.63, 3.8) is 0 Å². The number of aromatic nitrogens is 2. The van der Waals surface area contributed by atoms with E-state index >= 15 is 0 Å². The number of carboxylic acid groups (broad SMARTS) is 1. The highest BCUT2D eigenvalue weighted by molar-refractivity contribution is 8.13. The van der Waals surface area contributed by atoms with Crippen LogP contribution in [0.3, 0.4) is 0 Å². The predicted octanol–water partition coefficient (Wildman–Crippen LogP) is 4.56. The second-order valence-electron chi connectivity index (χ2n) is 23.8. The Balaban J connectivity index is 1.45. The average molecular weight is 1260 g/mol. The molecule has 0 spiro atoms. The molecule has 89 heavy (non-hydrogen) atoms. The number of hydrogen-bond donors (Lipinski definition) is 12. The van der Waals surface area contributed by atoms with Crippen molar-refractivity contribution in [2.45, 2.75) is 218 Å². The molecule has 2 aromatic carbocycles. The van der Waals surface area contributed by atoms with Crippen molar-refractivity contribution in [2.24, 2.45) is 34.0 Å². The summed E-state index contributed by atoms with van der Waals surface area (Å²) in [6, 6.07) is 4.63. The van der Waals surface area contributed by atoms with Gasteiger partial charge in [0.1, 0.15) is 48.0 Å². The van der Waals surface area contributed by atoms with Crippen LogP contribution in [0.4, 0.5) is 0 Å². The van der Waals surface area contributed by atoms with Crippen LogP contribution in [0.25, 0.3) is 0 Å². The minimum Gasteiger partial charge on any atom is -0.508 e. The number of aromatic amines is 1. The number of guanidine groups is 1. The summed E-state index contributed by atoms with van der Waals surface area (Å²) in [5.74, 6) is -7.84. The summed E-state index contributed by atoms with van der Waals surface area (Å²) in [5, 5.41) is 36.4. The van der Waals surface area contributed by atoms with Gasteiger partial charge >= 0.3 is 5.97 Å². The van der Waals surface area contributed by atoms with Gasteiger partial charge in [0.2, 0.25) is 41.4 Å². The number of hydrogen-bond acceptors (Lipinski definition) is 14. The van der Waals surface area contributed by atoms with Crippen LogP contribution in [0.2, 0.25) is 0 Å². The number of aromatic hydroxyl groups is 1. The number of nitrogens with one attached hydrogen (secondary N) is 7. The topological polar surface area (TPSA) is 389 Å². The Morgan fingerprint density at radius 3 is 1.74 bits per heavy atom. The second kappa shape index (κ2) is 40.2. The highest BCUT2D eigenvalue weighted by atomic mass is 32.2. The Bertz CT molecular complexity index is 2710. The van der Waals surface area contributed by atoms with E-state index in [4.69, 9.17) is 17.2 Å². The zero-order valence-electron chi connectivity index (χ0n) is 52.6. The Morgan fingerprint density at radius 1 is 0.652 bits per heavy atom. The Hall–Kier alpha value is -7.54. The third kappa shape index (κ3) is 27.4. The van der Waals surface area contributed by atoms with Gasteiger partial charge in [0.25, 0.3) is 0 Å². The highest BCUT2D eigenvalue weighted by Crippen LogP contribution is 2.22. The molecule has 25 heteroatoms. The molecule has 7 amide bonds. The lowest BCUT2D eigenvalue weighted by Gasteiger charge is -2.31. The molecule has 24 nitrogen and oxygen atoms in total. The first-order valence-electron chi connectivity index (χ1n) is 31.7. The van der Waals surface area contributed by atoms with Gasteiger partial charge in [-0.2, -0.15) is 0 Å². The number of carbonyl (C=O) groups is 9. The van der Waals surface area contributed by atoms with Crippen LogP contribution in [0.5, 0.6) is 5.75 Å². The smallest absolute Gasteiger partial charge is 0.326 e. The molecule has 1 aliphatic rings. The fourth-order valence-electron chi connectivity index (χ4n) is 10.5. The van der Waals surface area contributed by atoms with E-state index in [-0.39, 0.29) is 74.2 Å². The van der Waals surface area contributed by atoms with Crippen LogP contribution in [0.1, 0.15) is 167 Å². The average Bonchev–Trinajstić information content (AvgIpc) is 2.24. The van der Waals surface area contributed by atoms with Crippen LogP contribution >= 0.6 is 11.8 Å². The van der Waals surface area contributed by atoms with E-state index in [0.29, 0.717) is 29.7 Å². The van der Waals surface area contributed by atoms with Crippen molar-refractivity contribution in [1.29, 1.82) is 0 Å². The van der Waals surface area contributed by atoms with Gasteiger partial charge in [0.05, 0.1) is 12.4 Å². The number of aliphatic imine (C=N–C) groups is 1. The van der Waals surface area contributed by atoms with Crippen molar-refractivity contribution < 1.29 is 53.4 Å². The van der Waals surface area contributed by atoms with Gasteiger partial charge in [0.15, 0.2) is 11.1 Å². The quantitative estimate of drug-likeness (QED) is 0.0210. The highest BCUT2D eigenvalue weighted by Gasteiger charge is 2.41. The molecule has 2 heterocycles. The number of H-pyrrole nitrogens is 1. The molecule has 492 valence electrons. The Labute approximate surface area is 528 Å². The van der Waals surface area contributed by atoms with E-state index in [1.54, 1.807) is 70.2 Å². The fourth-order valence-corrected chi connectivity index (χ4v) is 11.3. The number of unbranched alkanes of at least 4 members (excludes halogenated alkanes) is 12. The van der Waals surface area contributed by atoms with E-state index in [2.05, 4.69) is 53.8 Å². The molecular weight excluding hydrogens is 1160 g/mol. The first-order chi connectivity index (χ1) is 42.6. The van der Waals surface area contributed by atoms with E-state index in [9.17, 15) is 53.4 Å². The van der Waals surface area contributed by atoms with E-state index in [1.807, 2.05) is 0 Å². The summed E-state index contributed by atoms with van der Waals surface area (Å²) in [6.45, 7) is 9.15. The predicted molar refractivity (Wildman–Crippen MR) is 344 cm³/mol. The normalized spacial score (nSPS) is 15.4. The van der Waals surface area contributed by atoms with Crippen molar-refractivity contribution in [2.75, 3.05) is 18.8 Å². The lowest BCUT2D eigenvalue weighted by molar-refractivity contribution is -0.145. The van der Waals surface area contributed by atoms with Crippen LogP contribution < -0.4 is 49.1 Å². The third-order valence-corrected chi connectivity index (χ3v) is 16.7. The van der Waals surface area contributed by atoms with Gasteiger partial charge in [-0.25, -0.2) is 9.78 Å². The number of imidazole rings is 1. The molecule has 0 saturated carbocycles. The molecule has 15 N–H and O–H groups in total. The van der Waals surface area contributed by atoms with Crippen molar-refractivity contribution in [3.05, 3.63) is 83.9 Å². The van der Waals surface area contributed by atoms with E-state index < -0.39 is 107 Å². The molecular formula is C64H99N13O11S. The standard InChI is InChI=1S/C64H99N13O11S/c1-6-7-8-9-10-11-12-13-14-15-16-17-21-28-53(79)89-39-47(65)56(80)71-48(26-22-33-69-64(66)67)57(81)75-54(41(2)3)60(84)72-49(35-44-29-31-46(78)32-30-44)58(82)76-55(42(4)5)61(85)73-50(37-45-38-68-40-70-45)62(86)77-34-23-27-52(77)59(83)74-51(63(87)88)36-43-24-19-18-20-25-43/h18-20,24-25,29-32,38,40-42,47-52,54-55,78H,6-17,21-23,26-28,33-37,39,65H2,1-5H3,(H,68,70)(H,71,80)(H,72,84)(H,73,85)(H,74,83)(H,75,81)(H,76,82)(H,87,88)(H4,66,67,69)/t47-,48-,49-,50-,51-,52-,54-,55-/m0/s1. The van der Waals surface area contributed by atoms with Gasteiger partial charge in [-0.3, -0.25) is 43.3 Å². The summed E-state index contributed by atoms with van der Waals surface area (Å²) in [5.41, 5.74) is 19.0. The molecule has 3 aromatic rings. The van der Waals surface area contributed by atoms with E-state index in [1.165, 1.54) is 87.3 Å². The molecule has 1 aromatic heterocycles. The van der Waals surface area contributed by atoms with Gasteiger partial charge in [-0.05, 0) is 67.2 Å². The first-order valence-corrected chi connectivity index (χ1v) is 32.7. The maximum atomic E-state index is 14.6. The number of likely N-dealkylation sites (tertiary alicyclic amines) is 1. The maximum absolute atomic E-state index is 14.6. The Morgan fingerprint density at radius 2 is 1.19 bits per heavy atom. The SMILES string of the molecule is CCCCCCCCCCCCCCCC(=O)SC[C@H](N)C(=O)N[C@@H](CCCN=C(N)N)C(=O)N[C@H](C(=O)N[C@@H](Cc1ccc(O)cc1)C(=O)N[C@H](C(=O)N[C@@H](Cc1cnc[nH]1)C(=O)N1CCC[C@H]1C(=O)N[C@@H](Cc1ccccc1)C(=O)O)C(C)C)C(C)C. The maximum Gasteiger partial charge on any atom is 0.326 e. The minimum atomic E-state index is -1.40. The molecule has 1 fully saturated rings. The largest absolute Gasteiger partial charge is 0.508 e. The summed E-state index contributed by atoms with van der Waals surface area (Å²) in [4.78, 5) is 137. The zero-order chi connectivity index (χ0) is 65.3. The fraction of sp³-hybridized carbons (Fsp3) is 0.609. The van der Waals surface area contributed by atoms with Crippen LogP contribution in [0.15, 0.2) is 72.1 Å². The second-order valence-corrected chi connectivity index (χ2v) is 24.9. The number of benzene rings is 2. The number of aliphatic carboxylic acids is 1. The number of nitrogens with zero attached hydrogens (tertiary/aromatic N) is 3. The number of amides is 7. The lowest BCUT2D eigenvalue weighted by Crippen LogP contribution is -2.62. The Kier molecular flexibility index (Phi) is 33.4. The third-order valence-electron chi connectivity index (χ3n) is 15.7. The molecule has 0 radical (unpaired) electrons. The molecule has 1 saturated heterocycles. The van der Waals surface area contributed by atoms with Crippen LogP contribution in [0, 0.1) is 11.8 Å². The summed E-state index contributed by atoms with van der Waals surface area (Å²) in [6.07, 6.45) is 19.3. The van der Waals surface area contributed by atoms with Crippen LogP contribution in [-0.2, 0) is 62.4 Å². The number of phenolic OH excluding ortho intramolecular Hbond substituents is 1. The van der Waals surface area contributed by atoms with Crippen LogP contribution in [-0.4, -0.2) is 151 Å². The van der Waals surface area contributed by atoms with Gasteiger partial charge in [-0.15, -0.1) is 0 Å². The molecule has 0 unspecified atom stereocenters. The molecule has 0 bridgehead atoms. The van der Waals surface area contributed by atoms with Gasteiger partial charge in [-0.1, -0.05) is 166 Å². The summed E-state index contributed by atoms with van der Waals surface area (Å²) >= 11 is 0.967. The molecule has 4 rings (SSSR count). The lowest BCUT2D eigenvalue weighted by atomic mass is 9.98. The molecule has 1 aliphatic heterocycles. The van der Waals surface area contributed by atoms with Crippen molar-refractivity contribution in [3.8, 4) is 5.75 Å². The van der Waals surface area contributed by atoms with E-state index in [0.717, 1.165) is 37.4 Å². The van der Waals surface area contributed by atoms with Gasteiger partial charge in [0, 0.05) is 56.4 Å². The number of rotatable bonds is 42. The zero-order valence-corrected chi connectivity index (χ0v) is 53.5. The minimum absolute atomic E-state index is 0.00392. The first kappa shape index (κ1) is 73.9. The number of carbonyl (C=O) groups excluding carboxylic acids is 8. The number of carboxylic acids is 1. The monoisotopic (exact) mass is 1260 g/mol.